The highest BCUT2D eigenvalue weighted by atomic mass is 16.6. The average Bonchev–Trinajstić information content (AvgIpc) is 2.35. The van der Waals surface area contributed by atoms with E-state index in [1.165, 1.54) is 13.0 Å². The third-order valence-electron chi connectivity index (χ3n) is 2.71. The molecule has 0 atom stereocenters. The van der Waals surface area contributed by atoms with Gasteiger partial charge in [-0.3, -0.25) is 14.9 Å². The van der Waals surface area contributed by atoms with E-state index >= 15 is 0 Å². The molecule has 0 saturated carbocycles. The normalized spacial score (nSPS) is 10.3. The molecule has 21 heavy (non-hydrogen) atoms. The number of carbonyl (C=O) groups is 2. The number of hydrogen-bond donors (Lipinski definition) is 3. The topological polar surface area (TPSA) is 122 Å². The lowest BCUT2D eigenvalue weighted by molar-refractivity contribution is -0.385. The fourth-order valence-corrected chi connectivity index (χ4v) is 1.74. The number of nitro benzene ring substituents is 1. The molecule has 0 radical (unpaired) electrons. The predicted octanol–water partition coefficient (Wildman–Crippen LogP) is 1.54. The van der Waals surface area contributed by atoms with Gasteiger partial charge in [-0.1, -0.05) is 0 Å². The summed E-state index contributed by atoms with van der Waals surface area (Å²) < 4.78 is 0. The molecule has 0 saturated heterocycles. The zero-order chi connectivity index (χ0) is 16.2. The van der Waals surface area contributed by atoms with Crippen molar-refractivity contribution in [1.82, 2.24) is 5.32 Å². The summed E-state index contributed by atoms with van der Waals surface area (Å²) in [6.45, 7) is 5.00. The lowest BCUT2D eigenvalue weighted by atomic mass is 10.1. The van der Waals surface area contributed by atoms with Crippen LogP contribution in [-0.4, -0.2) is 34.5 Å². The number of amides is 1. The first-order valence-electron chi connectivity index (χ1n) is 6.28. The van der Waals surface area contributed by atoms with Gasteiger partial charge in [0.2, 0.25) is 5.91 Å². The van der Waals surface area contributed by atoms with Gasteiger partial charge in [0, 0.05) is 23.4 Å². The van der Waals surface area contributed by atoms with Crippen molar-refractivity contribution in [3.63, 3.8) is 0 Å². The third-order valence-corrected chi connectivity index (χ3v) is 2.71. The molecule has 1 amide bonds. The highest BCUT2D eigenvalue weighted by Gasteiger charge is 2.19. The molecule has 3 N–H and O–H groups in total. The molecule has 0 aliphatic heterocycles. The minimum absolute atomic E-state index is 0.0277. The van der Waals surface area contributed by atoms with E-state index in [-0.39, 0.29) is 41.0 Å². The van der Waals surface area contributed by atoms with E-state index in [2.05, 4.69) is 10.6 Å². The molecule has 0 heterocycles. The van der Waals surface area contributed by atoms with Gasteiger partial charge in [0.05, 0.1) is 17.0 Å². The van der Waals surface area contributed by atoms with Gasteiger partial charge in [0.15, 0.2) is 0 Å². The molecular weight excluding hydrogens is 278 g/mol. The van der Waals surface area contributed by atoms with E-state index in [0.717, 1.165) is 6.07 Å². The molecular formula is C13H17N3O5. The zero-order valence-corrected chi connectivity index (χ0v) is 12.0. The smallest absolute Gasteiger partial charge is 0.336 e. The van der Waals surface area contributed by atoms with Crippen molar-refractivity contribution in [3.05, 3.63) is 33.4 Å². The summed E-state index contributed by atoms with van der Waals surface area (Å²) in [5, 5.41) is 25.3. The monoisotopic (exact) mass is 295 g/mol. The predicted molar refractivity (Wildman–Crippen MR) is 76.6 cm³/mol. The minimum atomic E-state index is -1.27. The first kappa shape index (κ1) is 16.4. The Morgan fingerprint density at radius 2 is 2.00 bits per heavy atom. The Labute approximate surface area is 121 Å². The second kappa shape index (κ2) is 6.69. The fraction of sp³-hybridized carbons (Fsp3) is 0.385. The van der Waals surface area contributed by atoms with E-state index in [0.29, 0.717) is 0 Å². The van der Waals surface area contributed by atoms with Gasteiger partial charge >= 0.3 is 5.97 Å². The van der Waals surface area contributed by atoms with Crippen LogP contribution in [0.5, 0.6) is 0 Å². The SMILES string of the molecule is Cc1c(NCC(=O)NC(C)C)cc(C(=O)O)cc1[N+](=O)[O-]. The van der Waals surface area contributed by atoms with E-state index in [1.807, 2.05) is 0 Å². The molecule has 0 unspecified atom stereocenters. The van der Waals surface area contributed by atoms with Gasteiger partial charge in [-0.05, 0) is 26.8 Å². The molecule has 1 aromatic carbocycles. The Hall–Kier alpha value is -2.64. The van der Waals surface area contributed by atoms with Crippen LogP contribution in [0.25, 0.3) is 0 Å². The van der Waals surface area contributed by atoms with Crippen LogP contribution in [0.2, 0.25) is 0 Å². The maximum absolute atomic E-state index is 11.6. The van der Waals surface area contributed by atoms with Crippen molar-refractivity contribution in [2.24, 2.45) is 0 Å². The van der Waals surface area contributed by atoms with Gasteiger partial charge in [0.25, 0.3) is 5.69 Å². The second-order valence-corrected chi connectivity index (χ2v) is 4.81. The molecule has 114 valence electrons. The van der Waals surface area contributed by atoms with Gasteiger partial charge < -0.3 is 15.7 Å². The summed E-state index contributed by atoms with van der Waals surface area (Å²) in [5.41, 5.74) is 0.0172. The van der Waals surface area contributed by atoms with E-state index in [9.17, 15) is 19.7 Å². The van der Waals surface area contributed by atoms with Crippen molar-refractivity contribution in [3.8, 4) is 0 Å². The first-order chi connectivity index (χ1) is 9.72. The Kier molecular flexibility index (Phi) is 5.23. The Bertz CT molecular complexity index is 583. The number of nitrogens with zero attached hydrogens (tertiary/aromatic N) is 1. The molecule has 0 bridgehead atoms. The number of hydrogen-bond acceptors (Lipinski definition) is 5. The Morgan fingerprint density at radius 1 is 1.38 bits per heavy atom. The van der Waals surface area contributed by atoms with Crippen LogP contribution in [0.4, 0.5) is 11.4 Å². The van der Waals surface area contributed by atoms with Crippen LogP contribution in [0.3, 0.4) is 0 Å². The highest BCUT2D eigenvalue weighted by molar-refractivity contribution is 5.91. The molecule has 1 aromatic rings. The van der Waals surface area contributed by atoms with Crippen molar-refractivity contribution in [1.29, 1.82) is 0 Å². The summed E-state index contributed by atoms with van der Waals surface area (Å²) >= 11 is 0. The molecule has 0 aliphatic carbocycles. The van der Waals surface area contributed by atoms with Crippen molar-refractivity contribution in [2.75, 3.05) is 11.9 Å². The second-order valence-electron chi connectivity index (χ2n) is 4.81. The number of carbonyl (C=O) groups excluding carboxylic acids is 1. The fourth-order valence-electron chi connectivity index (χ4n) is 1.74. The number of aromatic carboxylic acids is 1. The number of carboxylic acid groups (broad SMARTS) is 1. The number of rotatable bonds is 6. The number of benzene rings is 1. The molecule has 0 fully saturated rings. The summed E-state index contributed by atoms with van der Waals surface area (Å²) in [6.07, 6.45) is 0. The van der Waals surface area contributed by atoms with E-state index in [1.54, 1.807) is 13.8 Å². The first-order valence-corrected chi connectivity index (χ1v) is 6.28. The summed E-state index contributed by atoms with van der Waals surface area (Å²) in [6, 6.07) is 2.24. The maximum Gasteiger partial charge on any atom is 0.336 e. The average molecular weight is 295 g/mol. The zero-order valence-electron chi connectivity index (χ0n) is 12.0. The Morgan fingerprint density at radius 3 is 2.48 bits per heavy atom. The lowest BCUT2D eigenvalue weighted by Crippen LogP contribution is -2.35. The Balaban J connectivity index is 3.03. The van der Waals surface area contributed by atoms with Crippen LogP contribution in [-0.2, 0) is 4.79 Å². The van der Waals surface area contributed by atoms with Crippen molar-refractivity contribution < 1.29 is 19.6 Å². The van der Waals surface area contributed by atoms with Crippen LogP contribution < -0.4 is 10.6 Å². The lowest BCUT2D eigenvalue weighted by Gasteiger charge is -2.12. The van der Waals surface area contributed by atoms with Gasteiger partial charge in [-0.15, -0.1) is 0 Å². The largest absolute Gasteiger partial charge is 0.478 e. The van der Waals surface area contributed by atoms with Gasteiger partial charge in [-0.25, -0.2) is 4.79 Å². The molecule has 8 heteroatoms. The number of nitrogens with one attached hydrogen (secondary N) is 2. The van der Waals surface area contributed by atoms with Gasteiger partial charge in [-0.2, -0.15) is 0 Å². The molecule has 0 spiro atoms. The molecule has 0 aliphatic rings. The van der Waals surface area contributed by atoms with E-state index in [4.69, 9.17) is 5.11 Å². The molecule has 0 aromatic heterocycles. The third kappa shape index (κ3) is 4.44. The number of carboxylic acids is 1. The summed E-state index contributed by atoms with van der Waals surface area (Å²) in [4.78, 5) is 32.8. The minimum Gasteiger partial charge on any atom is -0.478 e. The summed E-state index contributed by atoms with van der Waals surface area (Å²) in [5.74, 6) is -1.56. The highest BCUT2D eigenvalue weighted by Crippen LogP contribution is 2.27. The van der Waals surface area contributed by atoms with Crippen LogP contribution in [0, 0.1) is 17.0 Å². The number of nitro groups is 1. The maximum atomic E-state index is 11.6. The number of anilines is 1. The van der Waals surface area contributed by atoms with E-state index < -0.39 is 10.9 Å². The molecule has 8 nitrogen and oxygen atoms in total. The van der Waals surface area contributed by atoms with Crippen molar-refractivity contribution >= 4 is 23.3 Å². The van der Waals surface area contributed by atoms with Crippen molar-refractivity contribution in [2.45, 2.75) is 26.8 Å². The van der Waals surface area contributed by atoms with Crippen LogP contribution in [0.1, 0.15) is 29.8 Å². The molecule has 1 rings (SSSR count). The standard InChI is InChI=1S/C13H17N3O5/c1-7(2)15-12(17)6-14-10-4-9(13(18)19)5-11(8(10)3)16(20)21/h4-5,7,14H,6H2,1-3H3,(H,15,17)(H,18,19). The summed E-state index contributed by atoms with van der Waals surface area (Å²) in [7, 11) is 0. The quantitative estimate of drug-likeness (QED) is 0.540. The van der Waals surface area contributed by atoms with Gasteiger partial charge in [0.1, 0.15) is 0 Å². The van der Waals surface area contributed by atoms with Crippen LogP contribution in [0.15, 0.2) is 12.1 Å². The van der Waals surface area contributed by atoms with Crippen LogP contribution >= 0.6 is 0 Å².